The lowest BCUT2D eigenvalue weighted by atomic mass is 9.77. The Kier molecular flexibility index (Phi) is 4.71. The van der Waals surface area contributed by atoms with E-state index in [1.807, 2.05) is 0 Å². The molecule has 3 atom stereocenters. The van der Waals surface area contributed by atoms with Crippen LogP contribution in [0.5, 0.6) is 5.75 Å². The maximum absolute atomic E-state index is 13.9. The highest BCUT2D eigenvalue weighted by molar-refractivity contribution is 6.37. The van der Waals surface area contributed by atoms with Crippen molar-refractivity contribution in [2.75, 3.05) is 12.0 Å². The van der Waals surface area contributed by atoms with E-state index in [0.29, 0.717) is 22.0 Å². The van der Waals surface area contributed by atoms with Crippen molar-refractivity contribution in [3.8, 4) is 5.75 Å². The molecule has 3 aromatic carbocycles. The Balaban J connectivity index is 1.54. The number of methoxy groups -OCH3 is 1. The van der Waals surface area contributed by atoms with Gasteiger partial charge in [0.25, 0.3) is 0 Å². The fourth-order valence-electron chi connectivity index (χ4n) is 5.47. The molecule has 2 aliphatic heterocycles. The summed E-state index contributed by atoms with van der Waals surface area (Å²) in [4.78, 5) is 56.2. The van der Waals surface area contributed by atoms with E-state index in [-0.39, 0.29) is 11.1 Å². The van der Waals surface area contributed by atoms with Gasteiger partial charge in [0.2, 0.25) is 29.0 Å². The molecule has 0 bridgehead atoms. The summed E-state index contributed by atoms with van der Waals surface area (Å²) in [5.74, 6) is -4.32. The van der Waals surface area contributed by atoms with Gasteiger partial charge in [0.05, 0.1) is 30.7 Å². The van der Waals surface area contributed by atoms with Crippen molar-refractivity contribution in [2.24, 2.45) is 11.8 Å². The Hall–Kier alpha value is -3.81. The van der Waals surface area contributed by atoms with E-state index in [1.165, 1.54) is 7.11 Å². The maximum Gasteiger partial charge on any atom is 0.241 e. The van der Waals surface area contributed by atoms with Gasteiger partial charge in [-0.25, -0.2) is 4.90 Å². The monoisotopic (exact) mass is 487 g/mol. The number of rotatable bonds is 3. The zero-order valence-corrected chi connectivity index (χ0v) is 19.2. The minimum absolute atomic E-state index is 0.188. The van der Waals surface area contributed by atoms with Gasteiger partial charge in [-0.1, -0.05) is 54.1 Å². The molecule has 0 unspecified atom stereocenters. The summed E-state index contributed by atoms with van der Waals surface area (Å²) in [6.45, 7) is 0. The summed E-state index contributed by atoms with van der Waals surface area (Å²) in [6.07, 6.45) is -0.994. The lowest BCUT2D eigenvalue weighted by molar-refractivity contribution is -0.127. The number of carbonyl (C=O) groups is 4. The molecule has 174 valence electrons. The van der Waals surface area contributed by atoms with Crippen LogP contribution in [0, 0.1) is 11.8 Å². The Labute approximate surface area is 205 Å². The van der Waals surface area contributed by atoms with Gasteiger partial charge in [-0.15, -0.1) is 0 Å². The first-order valence-electron chi connectivity index (χ1n) is 11.0. The smallest absolute Gasteiger partial charge is 0.241 e. The first-order chi connectivity index (χ1) is 16.9. The number of amides is 2. The number of imide groups is 1. The van der Waals surface area contributed by atoms with E-state index in [1.54, 1.807) is 72.8 Å². The summed E-state index contributed by atoms with van der Waals surface area (Å²) in [5.41, 5.74) is -0.888. The van der Waals surface area contributed by atoms with E-state index >= 15 is 0 Å². The summed E-state index contributed by atoms with van der Waals surface area (Å²) in [5, 5.41) is 0.477. The minimum Gasteiger partial charge on any atom is -0.497 e. The minimum atomic E-state index is -2.11. The SMILES string of the molecule is COc1cccc(N2C(=O)[C@@H]3[C@H](c4ccc(Cl)cc4)OC4(C(=O)c5ccccc5C4=O)[C@H]3C2=O)c1. The number of anilines is 1. The molecule has 2 amide bonds. The highest BCUT2D eigenvalue weighted by Crippen LogP contribution is 2.57. The highest BCUT2D eigenvalue weighted by atomic mass is 35.5. The zero-order valence-electron chi connectivity index (χ0n) is 18.4. The zero-order chi connectivity index (χ0) is 24.5. The van der Waals surface area contributed by atoms with Crippen molar-refractivity contribution in [3.05, 3.63) is 94.5 Å². The van der Waals surface area contributed by atoms with Crippen LogP contribution in [0.15, 0.2) is 72.8 Å². The van der Waals surface area contributed by atoms with E-state index in [9.17, 15) is 19.2 Å². The summed E-state index contributed by atoms with van der Waals surface area (Å²) < 4.78 is 11.5. The van der Waals surface area contributed by atoms with E-state index < -0.39 is 46.9 Å². The third kappa shape index (κ3) is 2.82. The second-order valence-corrected chi connectivity index (χ2v) is 9.18. The number of fused-ring (bicyclic) bond motifs is 3. The number of Topliss-reactive ketones (excluding diaryl/α,β-unsaturated/α-hetero) is 2. The number of hydrogen-bond acceptors (Lipinski definition) is 6. The van der Waals surface area contributed by atoms with Crippen LogP contribution in [-0.4, -0.2) is 36.1 Å². The fourth-order valence-corrected chi connectivity index (χ4v) is 5.60. The molecule has 2 heterocycles. The van der Waals surface area contributed by atoms with Crippen molar-refractivity contribution in [3.63, 3.8) is 0 Å². The number of ketones is 2. The molecule has 3 aromatic rings. The largest absolute Gasteiger partial charge is 0.497 e. The predicted octanol–water partition coefficient (Wildman–Crippen LogP) is 4.04. The maximum atomic E-state index is 13.9. The van der Waals surface area contributed by atoms with Crippen LogP contribution in [-0.2, 0) is 14.3 Å². The Morgan fingerprint density at radius 1 is 0.857 bits per heavy atom. The van der Waals surface area contributed by atoms with E-state index in [0.717, 1.165) is 4.90 Å². The quantitative estimate of drug-likeness (QED) is 0.409. The van der Waals surface area contributed by atoms with Crippen molar-refractivity contribution in [1.82, 2.24) is 0 Å². The molecule has 0 N–H and O–H groups in total. The van der Waals surface area contributed by atoms with Gasteiger partial charge in [-0.05, 0) is 29.8 Å². The molecule has 8 heteroatoms. The Morgan fingerprint density at radius 3 is 2.14 bits per heavy atom. The molecule has 0 saturated carbocycles. The van der Waals surface area contributed by atoms with Crippen LogP contribution in [0.4, 0.5) is 5.69 Å². The van der Waals surface area contributed by atoms with Gasteiger partial charge in [0, 0.05) is 22.2 Å². The van der Waals surface area contributed by atoms with Gasteiger partial charge in [-0.2, -0.15) is 0 Å². The number of carbonyl (C=O) groups excluding carboxylic acids is 4. The van der Waals surface area contributed by atoms with Crippen molar-refractivity contribution in [2.45, 2.75) is 11.7 Å². The molecule has 7 nitrogen and oxygen atoms in total. The standard InChI is InChI=1S/C27H18ClNO6/c1-34-17-6-4-5-16(13-17)29-25(32)20-21(26(29)33)27(35-22(20)14-9-11-15(28)12-10-14)23(30)18-7-2-3-8-19(18)24(27)31/h2-13,20-22H,1H3/t20-,21+,22-/m0/s1. The van der Waals surface area contributed by atoms with Crippen LogP contribution < -0.4 is 9.64 Å². The number of hydrogen-bond donors (Lipinski definition) is 0. The third-order valence-electron chi connectivity index (χ3n) is 7.03. The molecule has 1 spiro atoms. The van der Waals surface area contributed by atoms with Gasteiger partial charge in [-0.3, -0.25) is 19.2 Å². The molecule has 35 heavy (non-hydrogen) atoms. The van der Waals surface area contributed by atoms with Crippen LogP contribution in [0.2, 0.25) is 5.02 Å². The molecule has 0 aromatic heterocycles. The van der Waals surface area contributed by atoms with Crippen molar-refractivity contribution >= 4 is 40.7 Å². The molecule has 2 saturated heterocycles. The molecular weight excluding hydrogens is 470 g/mol. The number of benzene rings is 3. The Morgan fingerprint density at radius 2 is 1.51 bits per heavy atom. The molecule has 2 fully saturated rings. The van der Waals surface area contributed by atoms with Crippen molar-refractivity contribution < 1.29 is 28.7 Å². The summed E-state index contributed by atoms with van der Waals surface area (Å²) >= 11 is 6.05. The van der Waals surface area contributed by atoms with Crippen LogP contribution in [0.25, 0.3) is 0 Å². The molecule has 3 aliphatic rings. The van der Waals surface area contributed by atoms with Crippen LogP contribution in [0.3, 0.4) is 0 Å². The first-order valence-corrected chi connectivity index (χ1v) is 11.4. The second kappa shape index (κ2) is 7.60. The van der Waals surface area contributed by atoms with E-state index in [2.05, 4.69) is 0 Å². The molecular formula is C27H18ClNO6. The van der Waals surface area contributed by atoms with E-state index in [4.69, 9.17) is 21.1 Å². The molecule has 6 rings (SSSR count). The van der Waals surface area contributed by atoms with Gasteiger partial charge < -0.3 is 9.47 Å². The lowest BCUT2D eigenvalue weighted by Gasteiger charge is -2.27. The average molecular weight is 488 g/mol. The molecule has 1 aliphatic carbocycles. The normalized spacial score (nSPS) is 24.3. The second-order valence-electron chi connectivity index (χ2n) is 8.75. The molecule has 0 radical (unpaired) electrons. The van der Waals surface area contributed by atoms with Gasteiger partial charge in [0.15, 0.2) is 0 Å². The van der Waals surface area contributed by atoms with Crippen LogP contribution in [0.1, 0.15) is 32.4 Å². The number of ether oxygens (including phenoxy) is 2. The lowest BCUT2D eigenvalue weighted by Crippen LogP contribution is -2.51. The highest BCUT2D eigenvalue weighted by Gasteiger charge is 2.74. The summed E-state index contributed by atoms with van der Waals surface area (Å²) in [6, 6.07) is 19.5. The van der Waals surface area contributed by atoms with Crippen LogP contribution >= 0.6 is 11.6 Å². The van der Waals surface area contributed by atoms with Gasteiger partial charge in [0.1, 0.15) is 5.75 Å². The first kappa shape index (κ1) is 21.7. The third-order valence-corrected chi connectivity index (χ3v) is 7.28. The number of nitrogens with zero attached hydrogens (tertiary/aromatic N) is 1. The predicted molar refractivity (Wildman–Crippen MR) is 126 cm³/mol. The topological polar surface area (TPSA) is 90.0 Å². The average Bonchev–Trinajstić information content (AvgIpc) is 3.44. The Bertz CT molecular complexity index is 1400. The summed E-state index contributed by atoms with van der Waals surface area (Å²) in [7, 11) is 1.48. The fraction of sp³-hybridized carbons (Fsp3) is 0.185. The van der Waals surface area contributed by atoms with Gasteiger partial charge >= 0.3 is 0 Å². The van der Waals surface area contributed by atoms with Crippen molar-refractivity contribution in [1.29, 1.82) is 0 Å². The number of halogens is 1.